The minimum atomic E-state index is 0.241. The first kappa shape index (κ1) is 13.1. The predicted octanol–water partition coefficient (Wildman–Crippen LogP) is 3.68. The van der Waals surface area contributed by atoms with Crippen LogP contribution >= 0.6 is 0 Å². The first-order valence-electron chi connectivity index (χ1n) is 7.80. The fraction of sp³-hybridized carbons (Fsp3) is 0.647. The Hall–Kier alpha value is -0.860. The molecule has 1 aromatic carbocycles. The lowest BCUT2D eigenvalue weighted by atomic mass is 9.80. The fourth-order valence-electron chi connectivity index (χ4n) is 3.66. The molecule has 1 aromatic rings. The summed E-state index contributed by atoms with van der Waals surface area (Å²) in [6.07, 6.45) is 7.24. The van der Waals surface area contributed by atoms with Crippen LogP contribution in [0.1, 0.15) is 50.7 Å². The van der Waals surface area contributed by atoms with Gasteiger partial charge in [0.05, 0.1) is 12.2 Å². The van der Waals surface area contributed by atoms with Crippen molar-refractivity contribution in [2.24, 2.45) is 5.92 Å². The van der Waals surface area contributed by atoms with Crippen LogP contribution in [0.4, 0.5) is 0 Å². The normalized spacial score (nSPS) is 34.8. The smallest absolute Gasteiger partial charge is 0.0953 e. The summed E-state index contributed by atoms with van der Waals surface area (Å²) in [5.41, 5.74) is 1.31. The number of hydrogen-bond donors (Lipinski definition) is 1. The van der Waals surface area contributed by atoms with Gasteiger partial charge in [0.15, 0.2) is 0 Å². The van der Waals surface area contributed by atoms with Gasteiger partial charge in [-0.2, -0.15) is 0 Å². The van der Waals surface area contributed by atoms with Crippen molar-refractivity contribution < 1.29 is 4.74 Å². The van der Waals surface area contributed by atoms with Gasteiger partial charge in [0.2, 0.25) is 0 Å². The first-order chi connectivity index (χ1) is 9.36. The summed E-state index contributed by atoms with van der Waals surface area (Å²) in [5.74, 6) is 0.913. The standard InChI is InChI=1S/C17H25NO/c1-2-6-13-9-10-16-15(11-13)18-12-17(19-16)14-7-4-3-5-8-14/h3-5,7-8,13,15-18H,2,6,9-12H2,1H3. The Bertz CT molecular complexity index is 392. The first-order valence-corrected chi connectivity index (χ1v) is 7.80. The molecule has 2 heteroatoms. The maximum absolute atomic E-state index is 6.34. The van der Waals surface area contributed by atoms with E-state index in [1.54, 1.807) is 0 Å². The van der Waals surface area contributed by atoms with Gasteiger partial charge in [-0.15, -0.1) is 0 Å². The van der Waals surface area contributed by atoms with E-state index in [0.29, 0.717) is 12.1 Å². The molecule has 1 heterocycles. The molecule has 4 atom stereocenters. The molecule has 1 N–H and O–H groups in total. The van der Waals surface area contributed by atoms with Gasteiger partial charge in [0.25, 0.3) is 0 Å². The van der Waals surface area contributed by atoms with Crippen LogP contribution in [0.15, 0.2) is 30.3 Å². The van der Waals surface area contributed by atoms with E-state index in [1.165, 1.54) is 37.7 Å². The van der Waals surface area contributed by atoms with E-state index in [1.807, 2.05) is 0 Å². The Kier molecular flexibility index (Phi) is 4.19. The molecule has 0 spiro atoms. The molecule has 1 saturated carbocycles. The third-order valence-electron chi connectivity index (χ3n) is 4.67. The number of ether oxygens (including phenoxy) is 1. The Morgan fingerprint density at radius 1 is 1.21 bits per heavy atom. The molecular formula is C17H25NO. The molecular weight excluding hydrogens is 234 g/mol. The Balaban J connectivity index is 1.60. The van der Waals surface area contributed by atoms with Crippen molar-refractivity contribution >= 4 is 0 Å². The zero-order chi connectivity index (χ0) is 13.1. The third kappa shape index (κ3) is 3.01. The van der Waals surface area contributed by atoms with E-state index in [9.17, 15) is 0 Å². The summed E-state index contributed by atoms with van der Waals surface area (Å²) in [6, 6.07) is 11.2. The van der Waals surface area contributed by atoms with Crippen LogP contribution in [0.3, 0.4) is 0 Å². The molecule has 0 aromatic heterocycles. The van der Waals surface area contributed by atoms with Crippen LogP contribution < -0.4 is 5.32 Å². The van der Waals surface area contributed by atoms with Crippen molar-refractivity contribution in [1.29, 1.82) is 0 Å². The minimum absolute atomic E-state index is 0.241. The van der Waals surface area contributed by atoms with Crippen molar-refractivity contribution in [3.05, 3.63) is 35.9 Å². The van der Waals surface area contributed by atoms with E-state index in [4.69, 9.17) is 4.74 Å². The molecule has 4 unspecified atom stereocenters. The highest BCUT2D eigenvalue weighted by molar-refractivity contribution is 5.18. The molecule has 0 radical (unpaired) electrons. The molecule has 104 valence electrons. The lowest BCUT2D eigenvalue weighted by Crippen LogP contribution is -2.52. The average Bonchev–Trinajstić information content (AvgIpc) is 2.48. The highest BCUT2D eigenvalue weighted by atomic mass is 16.5. The topological polar surface area (TPSA) is 21.3 Å². The van der Waals surface area contributed by atoms with Crippen molar-refractivity contribution in [1.82, 2.24) is 5.32 Å². The van der Waals surface area contributed by atoms with Gasteiger partial charge in [-0.25, -0.2) is 0 Å². The monoisotopic (exact) mass is 259 g/mol. The largest absolute Gasteiger partial charge is 0.367 e. The Labute approximate surface area is 116 Å². The van der Waals surface area contributed by atoms with Gasteiger partial charge in [-0.3, -0.25) is 0 Å². The van der Waals surface area contributed by atoms with Crippen molar-refractivity contribution in [3.63, 3.8) is 0 Å². The summed E-state index contributed by atoms with van der Waals surface area (Å²) in [6.45, 7) is 3.26. The summed E-state index contributed by atoms with van der Waals surface area (Å²) in [4.78, 5) is 0. The van der Waals surface area contributed by atoms with Crippen LogP contribution in [0, 0.1) is 5.92 Å². The van der Waals surface area contributed by atoms with Crippen LogP contribution in [-0.4, -0.2) is 18.7 Å². The molecule has 1 aliphatic heterocycles. The van der Waals surface area contributed by atoms with Gasteiger partial charge in [0.1, 0.15) is 0 Å². The van der Waals surface area contributed by atoms with Crippen LogP contribution in [-0.2, 0) is 4.74 Å². The van der Waals surface area contributed by atoms with Crippen LogP contribution in [0.2, 0.25) is 0 Å². The lowest BCUT2D eigenvalue weighted by Gasteiger charge is -2.43. The number of rotatable bonds is 3. The summed E-state index contributed by atoms with van der Waals surface area (Å²) < 4.78 is 6.34. The zero-order valence-corrected chi connectivity index (χ0v) is 11.8. The van der Waals surface area contributed by atoms with Gasteiger partial charge in [-0.05, 0) is 30.7 Å². The van der Waals surface area contributed by atoms with Gasteiger partial charge >= 0.3 is 0 Å². The maximum Gasteiger partial charge on any atom is 0.0953 e. The molecule has 2 nitrogen and oxygen atoms in total. The number of hydrogen-bond acceptors (Lipinski definition) is 2. The molecule has 1 aliphatic carbocycles. The highest BCUT2D eigenvalue weighted by Crippen LogP contribution is 2.35. The number of benzene rings is 1. The Morgan fingerprint density at radius 2 is 2.05 bits per heavy atom. The van der Waals surface area contributed by atoms with Gasteiger partial charge in [-0.1, -0.05) is 50.1 Å². The fourth-order valence-corrected chi connectivity index (χ4v) is 3.66. The van der Waals surface area contributed by atoms with E-state index in [0.717, 1.165) is 12.5 Å². The molecule has 1 saturated heterocycles. The summed E-state index contributed by atoms with van der Waals surface area (Å²) in [5, 5.41) is 3.73. The van der Waals surface area contributed by atoms with E-state index >= 15 is 0 Å². The molecule has 3 rings (SSSR count). The summed E-state index contributed by atoms with van der Waals surface area (Å²) >= 11 is 0. The van der Waals surface area contributed by atoms with Crippen molar-refractivity contribution in [2.75, 3.05) is 6.54 Å². The third-order valence-corrected chi connectivity index (χ3v) is 4.67. The molecule has 0 bridgehead atoms. The number of nitrogens with one attached hydrogen (secondary N) is 1. The average molecular weight is 259 g/mol. The van der Waals surface area contributed by atoms with E-state index in [-0.39, 0.29) is 6.10 Å². The number of fused-ring (bicyclic) bond motifs is 1. The van der Waals surface area contributed by atoms with Gasteiger partial charge < -0.3 is 10.1 Å². The lowest BCUT2D eigenvalue weighted by molar-refractivity contribution is -0.0872. The van der Waals surface area contributed by atoms with Crippen molar-refractivity contribution in [3.8, 4) is 0 Å². The second-order valence-electron chi connectivity index (χ2n) is 6.06. The highest BCUT2D eigenvalue weighted by Gasteiger charge is 2.36. The van der Waals surface area contributed by atoms with Crippen LogP contribution in [0.25, 0.3) is 0 Å². The van der Waals surface area contributed by atoms with E-state index < -0.39 is 0 Å². The zero-order valence-electron chi connectivity index (χ0n) is 11.8. The van der Waals surface area contributed by atoms with Crippen molar-refractivity contribution in [2.45, 2.75) is 57.3 Å². The van der Waals surface area contributed by atoms with Crippen LogP contribution in [0.5, 0.6) is 0 Å². The minimum Gasteiger partial charge on any atom is -0.367 e. The predicted molar refractivity (Wildman–Crippen MR) is 78.1 cm³/mol. The summed E-state index contributed by atoms with van der Waals surface area (Å²) in [7, 11) is 0. The second-order valence-corrected chi connectivity index (χ2v) is 6.06. The molecule has 2 fully saturated rings. The van der Waals surface area contributed by atoms with Gasteiger partial charge in [0, 0.05) is 12.6 Å². The second kappa shape index (κ2) is 6.06. The molecule has 2 aliphatic rings. The van der Waals surface area contributed by atoms with E-state index in [2.05, 4.69) is 42.6 Å². The SMILES string of the molecule is CCCC1CCC2OC(c3ccccc3)CNC2C1. The molecule has 19 heavy (non-hydrogen) atoms. The maximum atomic E-state index is 6.34. The Morgan fingerprint density at radius 3 is 2.84 bits per heavy atom. The quantitative estimate of drug-likeness (QED) is 0.894. The molecule has 0 amide bonds. The number of morpholine rings is 1.